The predicted octanol–water partition coefficient (Wildman–Crippen LogP) is 4.10. The molecule has 3 atom stereocenters. The Morgan fingerprint density at radius 2 is 2.18 bits per heavy atom. The molecule has 3 heteroatoms. The molecule has 0 spiro atoms. The van der Waals surface area contributed by atoms with E-state index in [0.29, 0.717) is 10.9 Å². The molecule has 1 aliphatic carbocycles. The lowest BCUT2D eigenvalue weighted by Crippen LogP contribution is -2.34. The highest BCUT2D eigenvalue weighted by Crippen LogP contribution is 2.39. The van der Waals surface area contributed by atoms with Crippen molar-refractivity contribution in [3.8, 4) is 0 Å². The molecule has 1 aromatic carbocycles. The van der Waals surface area contributed by atoms with E-state index in [1.165, 1.54) is 12.5 Å². The summed E-state index contributed by atoms with van der Waals surface area (Å²) in [6.07, 6.45) is 4.38. The minimum absolute atomic E-state index is 0.108. The van der Waals surface area contributed by atoms with E-state index in [1.807, 2.05) is 0 Å². The van der Waals surface area contributed by atoms with Crippen molar-refractivity contribution >= 4 is 11.6 Å². The summed E-state index contributed by atoms with van der Waals surface area (Å²) in [5.74, 6) is 0.672. The van der Waals surface area contributed by atoms with E-state index in [4.69, 9.17) is 17.3 Å². The summed E-state index contributed by atoms with van der Waals surface area (Å²) in [5.41, 5.74) is 7.05. The molecule has 0 aromatic heterocycles. The van der Waals surface area contributed by atoms with Crippen molar-refractivity contribution in [1.82, 2.24) is 0 Å². The Labute approximate surface area is 107 Å². The van der Waals surface area contributed by atoms with Crippen molar-refractivity contribution < 1.29 is 4.39 Å². The average Bonchev–Trinajstić information content (AvgIpc) is 2.33. The molecular weight excluding hydrogens is 237 g/mol. The van der Waals surface area contributed by atoms with Gasteiger partial charge in [-0.15, -0.1) is 0 Å². The van der Waals surface area contributed by atoms with E-state index >= 15 is 0 Å². The van der Waals surface area contributed by atoms with Gasteiger partial charge in [0.15, 0.2) is 0 Å². The van der Waals surface area contributed by atoms with Gasteiger partial charge in [0.05, 0.1) is 0 Å². The maximum Gasteiger partial charge on any atom is 0.123 e. The van der Waals surface area contributed by atoms with Crippen LogP contribution in [0.2, 0.25) is 5.02 Å². The predicted molar refractivity (Wildman–Crippen MR) is 69.8 cm³/mol. The molecule has 1 nitrogen and oxygen atoms in total. The van der Waals surface area contributed by atoms with Crippen LogP contribution in [0.4, 0.5) is 4.39 Å². The molecule has 1 fully saturated rings. The molecule has 1 aliphatic rings. The lowest BCUT2D eigenvalue weighted by molar-refractivity contribution is 0.282. The topological polar surface area (TPSA) is 26.0 Å². The molecule has 0 heterocycles. The fourth-order valence-electron chi connectivity index (χ4n) is 2.81. The van der Waals surface area contributed by atoms with Gasteiger partial charge in [-0.25, -0.2) is 4.39 Å². The Balaban J connectivity index is 2.27. The van der Waals surface area contributed by atoms with Crippen molar-refractivity contribution in [2.24, 2.45) is 11.7 Å². The molecule has 0 radical (unpaired) electrons. The number of halogens is 2. The van der Waals surface area contributed by atoms with Crippen LogP contribution in [0.5, 0.6) is 0 Å². The van der Waals surface area contributed by atoms with Crippen molar-refractivity contribution in [3.63, 3.8) is 0 Å². The molecule has 17 heavy (non-hydrogen) atoms. The second kappa shape index (κ2) is 5.36. The van der Waals surface area contributed by atoms with Crippen LogP contribution in [-0.2, 0) is 0 Å². The van der Waals surface area contributed by atoms with Gasteiger partial charge in [-0.05, 0) is 48.9 Å². The molecule has 3 unspecified atom stereocenters. The molecule has 0 saturated heterocycles. The zero-order chi connectivity index (χ0) is 12.4. The van der Waals surface area contributed by atoms with E-state index < -0.39 is 0 Å². The molecule has 0 amide bonds. The first-order chi connectivity index (χ1) is 8.11. The first kappa shape index (κ1) is 12.8. The van der Waals surface area contributed by atoms with Crippen molar-refractivity contribution in [3.05, 3.63) is 34.6 Å². The summed E-state index contributed by atoms with van der Waals surface area (Å²) >= 11 is 6.16. The van der Waals surface area contributed by atoms with Crippen LogP contribution >= 0.6 is 11.6 Å². The van der Waals surface area contributed by atoms with Crippen LogP contribution in [0.3, 0.4) is 0 Å². The summed E-state index contributed by atoms with van der Waals surface area (Å²) in [5, 5.41) is 0.642. The SMILES string of the molecule is CCC1CCC(N)C(c2cc(F)ccc2Cl)C1. The Kier molecular flexibility index (Phi) is 4.05. The van der Waals surface area contributed by atoms with Gasteiger partial charge >= 0.3 is 0 Å². The third-order valence-corrected chi connectivity index (χ3v) is 4.29. The van der Waals surface area contributed by atoms with Crippen molar-refractivity contribution in [1.29, 1.82) is 0 Å². The summed E-state index contributed by atoms with van der Waals surface area (Å²) in [6.45, 7) is 2.20. The number of hydrogen-bond donors (Lipinski definition) is 1. The van der Waals surface area contributed by atoms with Gasteiger partial charge in [-0.1, -0.05) is 24.9 Å². The van der Waals surface area contributed by atoms with E-state index in [-0.39, 0.29) is 17.8 Å². The molecule has 1 saturated carbocycles. The summed E-state index contributed by atoms with van der Waals surface area (Å²) in [7, 11) is 0. The number of hydrogen-bond acceptors (Lipinski definition) is 1. The monoisotopic (exact) mass is 255 g/mol. The fourth-order valence-corrected chi connectivity index (χ4v) is 3.07. The third-order valence-electron chi connectivity index (χ3n) is 3.95. The standard InChI is InChI=1S/C14H19ClFN/c1-2-9-3-6-14(17)12(7-9)11-8-10(16)4-5-13(11)15/h4-5,8-9,12,14H,2-3,6-7,17H2,1H3. The number of benzene rings is 1. The molecule has 0 bridgehead atoms. The van der Waals surface area contributed by atoms with Crippen LogP contribution in [0.15, 0.2) is 18.2 Å². The van der Waals surface area contributed by atoms with Crippen LogP contribution in [0.1, 0.15) is 44.1 Å². The van der Waals surface area contributed by atoms with Crippen LogP contribution in [0, 0.1) is 11.7 Å². The second-order valence-electron chi connectivity index (χ2n) is 5.02. The Morgan fingerprint density at radius 3 is 2.88 bits per heavy atom. The maximum absolute atomic E-state index is 13.3. The van der Waals surface area contributed by atoms with Gasteiger partial charge in [0.1, 0.15) is 5.82 Å². The average molecular weight is 256 g/mol. The van der Waals surface area contributed by atoms with Crippen LogP contribution < -0.4 is 5.73 Å². The molecule has 2 N–H and O–H groups in total. The molecule has 2 rings (SSSR count). The number of rotatable bonds is 2. The Bertz CT molecular complexity index is 394. The smallest absolute Gasteiger partial charge is 0.123 e. The van der Waals surface area contributed by atoms with E-state index in [2.05, 4.69) is 6.92 Å². The lowest BCUT2D eigenvalue weighted by atomic mass is 9.74. The zero-order valence-corrected chi connectivity index (χ0v) is 10.9. The highest BCUT2D eigenvalue weighted by atomic mass is 35.5. The highest BCUT2D eigenvalue weighted by Gasteiger charge is 2.29. The normalized spacial score (nSPS) is 29.3. The minimum atomic E-state index is -0.227. The molecule has 94 valence electrons. The van der Waals surface area contributed by atoms with Gasteiger partial charge in [0, 0.05) is 17.0 Å². The van der Waals surface area contributed by atoms with Gasteiger partial charge in [-0.3, -0.25) is 0 Å². The first-order valence-corrected chi connectivity index (χ1v) is 6.70. The van der Waals surface area contributed by atoms with Crippen molar-refractivity contribution in [2.45, 2.75) is 44.6 Å². The van der Waals surface area contributed by atoms with Crippen LogP contribution in [0.25, 0.3) is 0 Å². The Hall–Kier alpha value is -0.600. The van der Waals surface area contributed by atoms with Gasteiger partial charge < -0.3 is 5.73 Å². The van der Waals surface area contributed by atoms with Gasteiger partial charge in [0.25, 0.3) is 0 Å². The zero-order valence-electron chi connectivity index (χ0n) is 10.1. The molecule has 1 aromatic rings. The van der Waals surface area contributed by atoms with Crippen LogP contribution in [-0.4, -0.2) is 6.04 Å². The third kappa shape index (κ3) is 2.80. The van der Waals surface area contributed by atoms with E-state index in [9.17, 15) is 4.39 Å². The summed E-state index contributed by atoms with van der Waals surface area (Å²) in [4.78, 5) is 0. The Morgan fingerprint density at radius 1 is 1.41 bits per heavy atom. The first-order valence-electron chi connectivity index (χ1n) is 6.32. The molecular formula is C14H19ClFN. The summed E-state index contributed by atoms with van der Waals surface area (Å²) in [6, 6.07) is 4.69. The highest BCUT2D eigenvalue weighted by molar-refractivity contribution is 6.31. The maximum atomic E-state index is 13.3. The van der Waals surface area contributed by atoms with Crippen molar-refractivity contribution in [2.75, 3.05) is 0 Å². The lowest BCUT2D eigenvalue weighted by Gasteiger charge is -2.34. The fraction of sp³-hybridized carbons (Fsp3) is 0.571. The second-order valence-corrected chi connectivity index (χ2v) is 5.43. The van der Waals surface area contributed by atoms with E-state index in [1.54, 1.807) is 12.1 Å². The van der Waals surface area contributed by atoms with Gasteiger partial charge in [-0.2, -0.15) is 0 Å². The number of nitrogens with two attached hydrogens (primary N) is 1. The quantitative estimate of drug-likeness (QED) is 0.846. The molecule has 0 aliphatic heterocycles. The summed E-state index contributed by atoms with van der Waals surface area (Å²) < 4.78 is 13.3. The minimum Gasteiger partial charge on any atom is -0.327 e. The van der Waals surface area contributed by atoms with E-state index in [0.717, 1.165) is 24.8 Å². The largest absolute Gasteiger partial charge is 0.327 e. The van der Waals surface area contributed by atoms with Gasteiger partial charge in [0.2, 0.25) is 0 Å².